The Bertz CT molecular complexity index is 3480. The number of nitrogens with zero attached hydrogens (tertiary/aromatic N) is 3. The molecular formula is C61H65F2N8O12PS. The summed E-state index contributed by atoms with van der Waals surface area (Å²) in [6.07, 6.45) is 3.82. The molecular weight excluding hydrogens is 1140 g/mol. The highest BCUT2D eigenvalue weighted by molar-refractivity contribution is 7.52. The Balaban J connectivity index is 0.884. The monoisotopic (exact) mass is 1200 g/mol. The van der Waals surface area contributed by atoms with Crippen molar-refractivity contribution in [1.29, 1.82) is 0 Å². The SMILES string of the molecule is NC(=O)CCC(NC(=O)[C@@H]1CC[C@@H]2CCN(C(=O)CCCCCC#Cc3cccc4c3CN(C3CCC(=O)NC3=O)C4=O)C[C@H](NC(=O)c3cc4cc(C(F)(F)P(=O)(O)O)ccc4s3)C(=O)N21)C(=O)NC(Cc1ccccc1)Cc1ccccc1. The van der Waals surface area contributed by atoms with E-state index in [1.807, 2.05) is 60.7 Å². The summed E-state index contributed by atoms with van der Waals surface area (Å²) in [4.78, 5) is 145. The first-order valence-electron chi connectivity index (χ1n) is 28.3. The number of primary amides is 1. The molecule has 0 aliphatic carbocycles. The molecule has 24 heteroatoms. The number of thiophene rings is 1. The Hall–Kier alpha value is -8.16. The van der Waals surface area contributed by atoms with Crippen LogP contribution in [0.5, 0.6) is 0 Å². The van der Waals surface area contributed by atoms with Gasteiger partial charge in [-0.25, -0.2) is 0 Å². The molecule has 5 heterocycles. The van der Waals surface area contributed by atoms with Crippen LogP contribution in [0.4, 0.5) is 8.78 Å². The molecule has 9 rings (SSSR count). The number of hydrogen-bond donors (Lipinski definition) is 7. The van der Waals surface area contributed by atoms with E-state index in [1.165, 1.54) is 26.8 Å². The van der Waals surface area contributed by atoms with E-state index in [9.17, 15) is 61.5 Å². The van der Waals surface area contributed by atoms with Crippen molar-refractivity contribution in [2.45, 2.75) is 138 Å². The van der Waals surface area contributed by atoms with Crippen LogP contribution in [-0.2, 0) is 63.2 Å². The lowest BCUT2D eigenvalue weighted by atomic mass is 9.98. The third-order valence-electron chi connectivity index (χ3n) is 15.9. The number of amides is 9. The zero-order chi connectivity index (χ0) is 60.6. The van der Waals surface area contributed by atoms with Crippen LogP contribution >= 0.6 is 18.9 Å². The molecule has 3 saturated heterocycles. The maximum atomic E-state index is 15.1. The second kappa shape index (κ2) is 26.8. The summed E-state index contributed by atoms with van der Waals surface area (Å²) in [5, 5.41) is 11.0. The number of halogens is 2. The number of hydrogen-bond acceptors (Lipinski definition) is 11. The first-order valence-corrected chi connectivity index (χ1v) is 30.7. The van der Waals surface area contributed by atoms with E-state index in [0.717, 1.165) is 34.6 Å². The van der Waals surface area contributed by atoms with Gasteiger partial charge in [-0.1, -0.05) is 91.1 Å². The summed E-state index contributed by atoms with van der Waals surface area (Å²) in [7, 11) is -5.92. The standard InChI is InChI=1S/C61H65F2N8O12PS/c62-61(63,84(81,82)83)41-21-26-50-40(33-41)34-51(85-50)58(78)67-47-36-69(54(74)20-11-3-1-2-10-17-39-18-12-19-44-45(39)35-70(59(44)79)48-25-28-53(73)68-56(48)76)30-29-43-22-24-49(71(43)60(47)80)57(77)66-46(23-27-52(64)72)55(75)65-42(31-37-13-6-4-7-14-37)32-38-15-8-5-9-16-38/h4-9,12-16,18-19,21,26,33-34,42-43,46-49H,1-3,11,20,22-25,27-32,35-36H2,(H2,64,72)(H,65,75)(H,66,77)(H,67,78)(H,68,73,76)(H2,81,82,83)/t43-,46?,47+,48?,49+/m1/s1. The Kier molecular flexibility index (Phi) is 19.4. The molecule has 5 aromatic rings. The van der Waals surface area contributed by atoms with Crippen molar-refractivity contribution in [3.05, 3.63) is 141 Å². The van der Waals surface area contributed by atoms with Gasteiger partial charge in [-0.2, -0.15) is 8.78 Å². The molecule has 9 amide bonds. The highest BCUT2D eigenvalue weighted by Crippen LogP contribution is 2.59. The summed E-state index contributed by atoms with van der Waals surface area (Å²) in [5.41, 5.74) is 3.78. The number of nitrogens with two attached hydrogens (primary N) is 1. The van der Waals surface area contributed by atoms with E-state index in [-0.39, 0.29) is 92.6 Å². The molecule has 5 atom stereocenters. The lowest BCUT2D eigenvalue weighted by molar-refractivity contribution is -0.145. The van der Waals surface area contributed by atoms with Crippen LogP contribution in [-0.4, -0.2) is 127 Å². The maximum Gasteiger partial charge on any atom is 0.399 e. The van der Waals surface area contributed by atoms with Gasteiger partial charge in [-0.15, -0.1) is 11.3 Å². The topological polar surface area (TPSA) is 295 Å². The Morgan fingerprint density at radius 2 is 1.55 bits per heavy atom. The third-order valence-corrected chi connectivity index (χ3v) is 18.0. The second-order valence-electron chi connectivity index (χ2n) is 21.8. The number of fused-ring (bicyclic) bond motifs is 3. The van der Waals surface area contributed by atoms with Crippen LogP contribution in [0.15, 0.2) is 103 Å². The van der Waals surface area contributed by atoms with Gasteiger partial charge in [0.1, 0.15) is 24.2 Å². The van der Waals surface area contributed by atoms with Gasteiger partial charge in [0, 0.05) is 78.8 Å². The second-order valence-corrected chi connectivity index (χ2v) is 24.6. The van der Waals surface area contributed by atoms with E-state index in [2.05, 4.69) is 33.1 Å². The maximum absolute atomic E-state index is 15.1. The number of nitrogens with one attached hydrogen (secondary N) is 4. The van der Waals surface area contributed by atoms with Gasteiger partial charge >= 0.3 is 13.3 Å². The van der Waals surface area contributed by atoms with Gasteiger partial charge in [0.25, 0.3) is 11.8 Å². The molecule has 1 aromatic heterocycles. The van der Waals surface area contributed by atoms with Crippen molar-refractivity contribution in [1.82, 2.24) is 36.0 Å². The number of piperidine rings is 1. The number of carbonyl (C=O) groups excluding carboxylic acids is 9. The van der Waals surface area contributed by atoms with E-state index >= 15 is 4.79 Å². The van der Waals surface area contributed by atoms with Gasteiger partial charge in [0.05, 0.1) is 4.88 Å². The van der Waals surface area contributed by atoms with Crippen molar-refractivity contribution in [2.75, 3.05) is 13.1 Å². The number of imide groups is 1. The third kappa shape index (κ3) is 14.7. The van der Waals surface area contributed by atoms with Crippen molar-refractivity contribution in [2.24, 2.45) is 5.73 Å². The first kappa shape index (κ1) is 61.4. The zero-order valence-corrected chi connectivity index (χ0v) is 48.0. The zero-order valence-electron chi connectivity index (χ0n) is 46.3. The van der Waals surface area contributed by atoms with E-state index in [1.54, 1.807) is 18.2 Å². The number of carbonyl (C=O) groups is 9. The van der Waals surface area contributed by atoms with Gasteiger partial charge in [-0.3, -0.25) is 53.0 Å². The van der Waals surface area contributed by atoms with Crippen LogP contribution in [0.3, 0.4) is 0 Å². The van der Waals surface area contributed by atoms with E-state index in [4.69, 9.17) is 5.73 Å². The largest absolute Gasteiger partial charge is 0.399 e. The molecule has 4 aromatic carbocycles. The summed E-state index contributed by atoms with van der Waals surface area (Å²) in [5.74, 6) is 1.36. The lowest BCUT2D eigenvalue weighted by Crippen LogP contribution is -2.62. The minimum absolute atomic E-state index is 0.0461. The predicted octanol–water partition coefficient (Wildman–Crippen LogP) is 5.30. The summed E-state index contributed by atoms with van der Waals surface area (Å²) < 4.78 is 41.5. The minimum Gasteiger partial charge on any atom is -0.370 e. The summed E-state index contributed by atoms with van der Waals surface area (Å²) in [6.45, 7) is 0.00752. The fourth-order valence-electron chi connectivity index (χ4n) is 11.5. The van der Waals surface area contributed by atoms with Crippen LogP contribution in [0, 0.1) is 11.8 Å². The van der Waals surface area contributed by atoms with Gasteiger partial charge in [0.2, 0.25) is 41.4 Å². The molecule has 0 saturated carbocycles. The highest BCUT2D eigenvalue weighted by Gasteiger charge is 2.51. The van der Waals surface area contributed by atoms with Crippen LogP contribution in [0.2, 0.25) is 0 Å². The number of alkyl halides is 2. The smallest absolute Gasteiger partial charge is 0.370 e. The molecule has 0 radical (unpaired) electrons. The molecule has 4 aliphatic heterocycles. The predicted molar refractivity (Wildman–Crippen MR) is 309 cm³/mol. The molecule has 446 valence electrons. The summed E-state index contributed by atoms with van der Waals surface area (Å²) >= 11 is 0.873. The highest BCUT2D eigenvalue weighted by atomic mass is 32.1. The number of rotatable bonds is 21. The fourth-order valence-corrected chi connectivity index (χ4v) is 12.9. The normalized spacial score (nSPS) is 19.3. The number of unbranched alkanes of at least 4 members (excludes halogenated alkanes) is 3. The molecule has 2 unspecified atom stereocenters. The van der Waals surface area contributed by atoms with E-state index in [0.29, 0.717) is 66.3 Å². The van der Waals surface area contributed by atoms with Gasteiger partial charge < -0.3 is 46.2 Å². The number of benzene rings is 4. The minimum atomic E-state index is -5.92. The van der Waals surface area contributed by atoms with E-state index < -0.39 is 90.5 Å². The van der Waals surface area contributed by atoms with Crippen molar-refractivity contribution in [3.63, 3.8) is 0 Å². The molecule has 4 aliphatic rings. The lowest BCUT2D eigenvalue weighted by Gasteiger charge is -2.39. The van der Waals surface area contributed by atoms with Crippen LogP contribution < -0.4 is 27.0 Å². The quantitative estimate of drug-likeness (QED) is 0.0213. The van der Waals surface area contributed by atoms with Crippen molar-refractivity contribution in [3.8, 4) is 11.8 Å². The average Bonchev–Trinajstić information content (AvgIpc) is 2.91. The summed E-state index contributed by atoms with van der Waals surface area (Å²) in [6, 6.07) is 22.8. The Morgan fingerprint density at radius 3 is 2.24 bits per heavy atom. The molecule has 85 heavy (non-hydrogen) atoms. The van der Waals surface area contributed by atoms with Gasteiger partial charge in [0.15, 0.2) is 0 Å². The molecule has 20 nitrogen and oxygen atoms in total. The molecule has 0 spiro atoms. The van der Waals surface area contributed by atoms with Gasteiger partial charge in [-0.05, 0) is 110 Å². The average molecular weight is 1200 g/mol. The molecule has 0 bridgehead atoms. The first-order chi connectivity index (χ1) is 40.6. The van der Waals surface area contributed by atoms with Crippen molar-refractivity contribution >= 4 is 82.2 Å². The Labute approximate surface area is 492 Å². The van der Waals surface area contributed by atoms with Crippen molar-refractivity contribution < 1.29 is 66.3 Å². The van der Waals surface area contributed by atoms with Crippen LogP contribution in [0.25, 0.3) is 10.1 Å². The van der Waals surface area contributed by atoms with Crippen LogP contribution in [0.1, 0.15) is 125 Å². The molecule has 3 fully saturated rings. The molecule has 8 N–H and O–H groups in total. The Morgan fingerprint density at radius 1 is 0.835 bits per heavy atom. The fraction of sp³-hybridized carbons (Fsp3) is 0.393.